The Bertz CT molecular complexity index is 538. The van der Waals surface area contributed by atoms with Gasteiger partial charge in [-0.1, -0.05) is 29.8 Å². The molecule has 0 N–H and O–H groups in total. The standard InChI is InChI=1S/C12H6ClF3/c13-9-4-2-1-3-7(9)8-5-6-10(14)12(16)11(8)15/h1-6H. The van der Waals surface area contributed by atoms with Crippen LogP contribution >= 0.6 is 11.6 Å². The lowest BCUT2D eigenvalue weighted by Crippen LogP contribution is -1.94. The van der Waals surface area contributed by atoms with Crippen LogP contribution < -0.4 is 0 Å². The molecule has 0 bridgehead atoms. The molecular formula is C12H6ClF3. The van der Waals surface area contributed by atoms with Crippen LogP contribution in [0.2, 0.25) is 5.02 Å². The van der Waals surface area contributed by atoms with Crippen molar-refractivity contribution in [2.45, 2.75) is 0 Å². The zero-order valence-electron chi connectivity index (χ0n) is 7.98. The Labute approximate surface area is 95.3 Å². The first kappa shape index (κ1) is 11.0. The Morgan fingerprint density at radius 3 is 2.12 bits per heavy atom. The van der Waals surface area contributed by atoms with Gasteiger partial charge in [-0.05, 0) is 18.2 Å². The molecule has 16 heavy (non-hydrogen) atoms. The van der Waals surface area contributed by atoms with Crippen molar-refractivity contribution < 1.29 is 13.2 Å². The van der Waals surface area contributed by atoms with Crippen molar-refractivity contribution >= 4 is 11.6 Å². The fraction of sp³-hybridized carbons (Fsp3) is 0. The number of hydrogen-bond acceptors (Lipinski definition) is 0. The predicted octanol–water partition coefficient (Wildman–Crippen LogP) is 4.42. The summed E-state index contributed by atoms with van der Waals surface area (Å²) in [6, 6.07) is 8.44. The molecule has 0 aliphatic rings. The van der Waals surface area contributed by atoms with Crippen molar-refractivity contribution in [3.05, 3.63) is 58.9 Å². The number of rotatable bonds is 1. The lowest BCUT2D eigenvalue weighted by atomic mass is 10.0. The SMILES string of the molecule is Fc1ccc(-c2ccccc2Cl)c(F)c1F. The van der Waals surface area contributed by atoms with Gasteiger partial charge in [-0.15, -0.1) is 0 Å². The molecule has 0 atom stereocenters. The summed E-state index contributed by atoms with van der Waals surface area (Å²) in [7, 11) is 0. The molecule has 0 spiro atoms. The molecule has 0 heterocycles. The Morgan fingerprint density at radius 2 is 1.44 bits per heavy atom. The lowest BCUT2D eigenvalue weighted by Gasteiger charge is -2.06. The van der Waals surface area contributed by atoms with E-state index >= 15 is 0 Å². The lowest BCUT2D eigenvalue weighted by molar-refractivity contribution is 0.449. The van der Waals surface area contributed by atoms with Crippen molar-refractivity contribution in [2.24, 2.45) is 0 Å². The van der Waals surface area contributed by atoms with Gasteiger partial charge < -0.3 is 0 Å². The summed E-state index contributed by atoms with van der Waals surface area (Å²) in [5.74, 6) is -3.93. The second kappa shape index (κ2) is 4.18. The molecule has 2 rings (SSSR count). The molecule has 0 aromatic heterocycles. The van der Waals surface area contributed by atoms with E-state index in [2.05, 4.69) is 0 Å². The molecule has 0 saturated heterocycles. The highest BCUT2D eigenvalue weighted by atomic mass is 35.5. The molecular weight excluding hydrogens is 237 g/mol. The van der Waals surface area contributed by atoms with Crippen molar-refractivity contribution in [1.29, 1.82) is 0 Å². The Morgan fingerprint density at radius 1 is 0.750 bits per heavy atom. The fourth-order valence-electron chi connectivity index (χ4n) is 1.41. The molecule has 0 aliphatic heterocycles. The normalized spacial score (nSPS) is 10.5. The van der Waals surface area contributed by atoms with Crippen LogP contribution in [-0.4, -0.2) is 0 Å². The van der Waals surface area contributed by atoms with Crippen LogP contribution in [0.1, 0.15) is 0 Å². The van der Waals surface area contributed by atoms with E-state index in [1.54, 1.807) is 18.2 Å². The number of hydrogen-bond donors (Lipinski definition) is 0. The average molecular weight is 243 g/mol. The maximum Gasteiger partial charge on any atom is 0.195 e. The van der Waals surface area contributed by atoms with E-state index in [1.165, 1.54) is 6.07 Å². The minimum atomic E-state index is -1.49. The predicted molar refractivity (Wildman–Crippen MR) is 56.8 cm³/mol. The van der Waals surface area contributed by atoms with Crippen LogP contribution in [0.5, 0.6) is 0 Å². The maximum absolute atomic E-state index is 13.5. The maximum atomic E-state index is 13.5. The second-order valence-corrected chi connectivity index (χ2v) is 3.61. The topological polar surface area (TPSA) is 0 Å². The van der Waals surface area contributed by atoms with Crippen molar-refractivity contribution in [1.82, 2.24) is 0 Å². The molecule has 2 aromatic carbocycles. The first-order valence-electron chi connectivity index (χ1n) is 4.49. The van der Waals surface area contributed by atoms with Gasteiger partial charge in [0.2, 0.25) is 0 Å². The largest absolute Gasteiger partial charge is 0.204 e. The van der Waals surface area contributed by atoms with Gasteiger partial charge >= 0.3 is 0 Å². The summed E-state index contributed by atoms with van der Waals surface area (Å²) in [5, 5.41) is 0.285. The Balaban J connectivity index is 2.66. The quantitative estimate of drug-likeness (QED) is 0.649. The van der Waals surface area contributed by atoms with Crippen LogP contribution in [-0.2, 0) is 0 Å². The van der Waals surface area contributed by atoms with E-state index in [0.717, 1.165) is 12.1 Å². The highest BCUT2D eigenvalue weighted by Gasteiger charge is 2.15. The van der Waals surface area contributed by atoms with Crippen LogP contribution in [0.25, 0.3) is 11.1 Å². The Hall–Kier alpha value is -1.48. The summed E-state index contributed by atoms with van der Waals surface area (Å²) in [6.45, 7) is 0. The molecule has 82 valence electrons. The minimum Gasteiger partial charge on any atom is -0.204 e. The van der Waals surface area contributed by atoms with E-state index in [0.29, 0.717) is 5.56 Å². The summed E-state index contributed by atoms with van der Waals surface area (Å²) < 4.78 is 39.2. The van der Waals surface area contributed by atoms with Gasteiger partial charge in [0.15, 0.2) is 17.5 Å². The van der Waals surface area contributed by atoms with Crippen LogP contribution in [0.15, 0.2) is 36.4 Å². The van der Waals surface area contributed by atoms with Crippen LogP contribution in [0.3, 0.4) is 0 Å². The van der Waals surface area contributed by atoms with Crippen molar-refractivity contribution in [2.75, 3.05) is 0 Å². The minimum absolute atomic E-state index is 0.0514. The summed E-state index contributed by atoms with van der Waals surface area (Å²) in [6.07, 6.45) is 0. The monoisotopic (exact) mass is 242 g/mol. The second-order valence-electron chi connectivity index (χ2n) is 3.20. The first-order chi connectivity index (χ1) is 7.61. The van der Waals surface area contributed by atoms with Gasteiger partial charge in [0.05, 0.1) is 0 Å². The molecule has 0 amide bonds. The first-order valence-corrected chi connectivity index (χ1v) is 4.87. The average Bonchev–Trinajstić information content (AvgIpc) is 2.28. The highest BCUT2D eigenvalue weighted by molar-refractivity contribution is 6.33. The van der Waals surface area contributed by atoms with Gasteiger partial charge in [-0.25, -0.2) is 13.2 Å². The molecule has 0 unspecified atom stereocenters. The molecule has 4 heteroatoms. The molecule has 0 aliphatic carbocycles. The zero-order chi connectivity index (χ0) is 11.7. The van der Waals surface area contributed by atoms with E-state index in [9.17, 15) is 13.2 Å². The summed E-state index contributed by atoms with van der Waals surface area (Å²) >= 11 is 5.84. The van der Waals surface area contributed by atoms with E-state index in [-0.39, 0.29) is 10.6 Å². The van der Waals surface area contributed by atoms with E-state index < -0.39 is 17.5 Å². The van der Waals surface area contributed by atoms with Crippen LogP contribution in [0.4, 0.5) is 13.2 Å². The van der Waals surface area contributed by atoms with E-state index in [4.69, 9.17) is 11.6 Å². The third kappa shape index (κ3) is 1.78. The highest BCUT2D eigenvalue weighted by Crippen LogP contribution is 2.31. The van der Waals surface area contributed by atoms with Gasteiger partial charge in [-0.3, -0.25) is 0 Å². The molecule has 2 aromatic rings. The molecule has 0 nitrogen and oxygen atoms in total. The zero-order valence-corrected chi connectivity index (χ0v) is 8.73. The van der Waals surface area contributed by atoms with E-state index in [1.807, 2.05) is 0 Å². The summed E-state index contributed by atoms with van der Waals surface area (Å²) in [5.41, 5.74) is 0.282. The number of benzene rings is 2. The smallest absolute Gasteiger partial charge is 0.195 e. The third-order valence-electron chi connectivity index (χ3n) is 2.20. The summed E-state index contributed by atoms with van der Waals surface area (Å²) in [4.78, 5) is 0. The van der Waals surface area contributed by atoms with Gasteiger partial charge in [0, 0.05) is 16.1 Å². The molecule has 0 radical (unpaired) electrons. The third-order valence-corrected chi connectivity index (χ3v) is 2.53. The van der Waals surface area contributed by atoms with Crippen molar-refractivity contribution in [3.8, 4) is 11.1 Å². The number of halogens is 4. The Kier molecular flexibility index (Phi) is 2.88. The van der Waals surface area contributed by atoms with Crippen molar-refractivity contribution in [3.63, 3.8) is 0 Å². The van der Waals surface area contributed by atoms with Gasteiger partial charge in [-0.2, -0.15) is 0 Å². The molecule has 0 fully saturated rings. The van der Waals surface area contributed by atoms with Gasteiger partial charge in [0.1, 0.15) is 0 Å². The van der Waals surface area contributed by atoms with Crippen LogP contribution in [0, 0.1) is 17.5 Å². The molecule has 0 saturated carbocycles. The fourth-order valence-corrected chi connectivity index (χ4v) is 1.65. The van der Waals surface area contributed by atoms with Gasteiger partial charge in [0.25, 0.3) is 0 Å².